The molecule has 2 aliphatic rings. The fourth-order valence-corrected chi connectivity index (χ4v) is 5.61. The molecule has 4 aromatic rings. The number of likely N-dealkylation sites (tertiary alicyclic amines) is 1. The van der Waals surface area contributed by atoms with Crippen molar-refractivity contribution in [1.29, 1.82) is 0 Å². The predicted molar refractivity (Wildman–Crippen MR) is 127 cm³/mol. The van der Waals surface area contributed by atoms with E-state index in [2.05, 4.69) is 33.0 Å². The van der Waals surface area contributed by atoms with Gasteiger partial charge in [-0.25, -0.2) is 9.97 Å². The second-order valence-electron chi connectivity index (χ2n) is 9.14. The molecule has 0 saturated carbocycles. The minimum atomic E-state index is 0.125. The lowest BCUT2D eigenvalue weighted by atomic mass is 9.93. The standard InChI is InChI=1S/C24H25ClN6O/c1-29-5-3-4-14-12-31(13-22(14)29)16-7-17-19(25)8-21(27-24(17)26-10-16)18-6-15-11-30(2)28-20(15)9-23(18)32/h6-11,14,22,32H,3-5,12-13H2,1-2H3. The van der Waals surface area contributed by atoms with Crippen LogP contribution in [-0.2, 0) is 7.05 Å². The first-order valence-electron chi connectivity index (χ1n) is 11.0. The quantitative estimate of drug-likeness (QED) is 0.498. The number of halogens is 1. The van der Waals surface area contributed by atoms with E-state index in [4.69, 9.17) is 16.6 Å². The molecule has 2 aliphatic heterocycles. The SMILES string of the molecule is CN1CCCC2CN(c3cnc4nc(-c5cc6cn(C)nc6cc5O)cc(Cl)c4c3)CC21. The van der Waals surface area contributed by atoms with Crippen LogP contribution in [0.1, 0.15) is 12.8 Å². The second-order valence-corrected chi connectivity index (χ2v) is 9.55. The maximum absolute atomic E-state index is 10.6. The van der Waals surface area contributed by atoms with Crippen molar-refractivity contribution in [3.63, 3.8) is 0 Å². The van der Waals surface area contributed by atoms with E-state index in [-0.39, 0.29) is 5.75 Å². The first kappa shape index (κ1) is 19.8. The zero-order valence-electron chi connectivity index (χ0n) is 18.2. The topological polar surface area (TPSA) is 70.3 Å². The Balaban J connectivity index is 1.37. The molecule has 2 saturated heterocycles. The van der Waals surface area contributed by atoms with Crippen LogP contribution in [-0.4, -0.2) is 62.5 Å². The van der Waals surface area contributed by atoms with E-state index in [9.17, 15) is 5.11 Å². The first-order chi connectivity index (χ1) is 15.5. The van der Waals surface area contributed by atoms with E-state index < -0.39 is 0 Å². The Morgan fingerprint density at radius 2 is 2.00 bits per heavy atom. The fraction of sp³-hybridized carbons (Fsp3) is 0.375. The Morgan fingerprint density at radius 3 is 2.84 bits per heavy atom. The van der Waals surface area contributed by atoms with Crippen LogP contribution in [0.5, 0.6) is 5.75 Å². The minimum absolute atomic E-state index is 0.125. The van der Waals surface area contributed by atoms with Crippen molar-refractivity contribution in [2.45, 2.75) is 18.9 Å². The Bertz CT molecular complexity index is 1350. The number of pyridine rings is 2. The summed E-state index contributed by atoms with van der Waals surface area (Å²) < 4.78 is 1.73. The van der Waals surface area contributed by atoms with Crippen LogP contribution in [0.15, 0.2) is 36.7 Å². The summed E-state index contributed by atoms with van der Waals surface area (Å²) in [5.41, 5.74) is 3.62. The fourth-order valence-electron chi connectivity index (χ4n) is 5.37. The van der Waals surface area contributed by atoms with Crippen LogP contribution in [0.4, 0.5) is 5.69 Å². The molecular weight excluding hydrogens is 424 g/mol. The van der Waals surface area contributed by atoms with Crippen molar-refractivity contribution in [3.8, 4) is 17.0 Å². The lowest BCUT2D eigenvalue weighted by Gasteiger charge is -2.33. The number of anilines is 1. The smallest absolute Gasteiger partial charge is 0.161 e. The molecule has 2 unspecified atom stereocenters. The number of fused-ring (bicyclic) bond motifs is 3. The Kier molecular flexibility index (Phi) is 4.52. The summed E-state index contributed by atoms with van der Waals surface area (Å²) in [5.74, 6) is 0.838. The molecular formula is C24H25ClN6O. The summed E-state index contributed by atoms with van der Waals surface area (Å²) in [7, 11) is 4.09. The van der Waals surface area contributed by atoms with Gasteiger partial charge in [-0.05, 0) is 50.6 Å². The number of hydrogen-bond acceptors (Lipinski definition) is 6. The number of aromatic nitrogens is 4. The molecule has 2 fully saturated rings. The van der Waals surface area contributed by atoms with Gasteiger partial charge in [0.25, 0.3) is 0 Å². The van der Waals surface area contributed by atoms with Gasteiger partial charge in [0.05, 0.1) is 28.1 Å². The average molecular weight is 449 g/mol. The molecule has 3 aromatic heterocycles. The van der Waals surface area contributed by atoms with Gasteiger partial charge >= 0.3 is 0 Å². The van der Waals surface area contributed by atoms with Crippen LogP contribution >= 0.6 is 11.6 Å². The summed E-state index contributed by atoms with van der Waals surface area (Å²) in [6.07, 6.45) is 6.38. The van der Waals surface area contributed by atoms with Crippen molar-refractivity contribution >= 4 is 39.2 Å². The van der Waals surface area contributed by atoms with Gasteiger partial charge in [-0.15, -0.1) is 0 Å². The molecule has 8 heteroatoms. The Labute approximate surface area is 191 Å². The average Bonchev–Trinajstić information content (AvgIpc) is 3.36. The van der Waals surface area contributed by atoms with Gasteiger partial charge in [-0.3, -0.25) is 4.68 Å². The number of nitrogens with zero attached hydrogens (tertiary/aromatic N) is 6. The number of aromatic hydroxyl groups is 1. The molecule has 0 spiro atoms. The van der Waals surface area contributed by atoms with E-state index in [1.54, 1.807) is 10.7 Å². The van der Waals surface area contributed by atoms with Crippen LogP contribution in [0.2, 0.25) is 5.02 Å². The zero-order chi connectivity index (χ0) is 22.0. The van der Waals surface area contributed by atoms with Crippen LogP contribution in [0.25, 0.3) is 33.2 Å². The maximum Gasteiger partial charge on any atom is 0.161 e. The number of likely N-dealkylation sites (N-methyl/N-ethyl adjacent to an activating group) is 1. The first-order valence-corrected chi connectivity index (χ1v) is 11.4. The maximum atomic E-state index is 10.6. The normalized spacial score (nSPS) is 21.5. The van der Waals surface area contributed by atoms with E-state index >= 15 is 0 Å². The molecule has 1 aromatic carbocycles. The molecule has 32 heavy (non-hydrogen) atoms. The third-order valence-corrected chi connectivity index (χ3v) is 7.35. The lowest BCUT2D eigenvalue weighted by molar-refractivity contribution is 0.158. The van der Waals surface area contributed by atoms with Gasteiger partial charge in [0, 0.05) is 54.8 Å². The minimum Gasteiger partial charge on any atom is -0.507 e. The molecule has 0 bridgehead atoms. The number of phenolic OH excluding ortho intramolecular Hbond substituents is 1. The molecule has 0 aliphatic carbocycles. The van der Waals surface area contributed by atoms with E-state index in [0.717, 1.165) is 35.1 Å². The van der Waals surface area contributed by atoms with E-state index in [1.807, 2.05) is 31.6 Å². The molecule has 0 radical (unpaired) electrons. The second kappa shape index (κ2) is 7.32. The number of rotatable bonds is 2. The van der Waals surface area contributed by atoms with Crippen molar-refractivity contribution < 1.29 is 5.11 Å². The molecule has 5 heterocycles. The van der Waals surface area contributed by atoms with Crippen LogP contribution < -0.4 is 4.90 Å². The third-order valence-electron chi connectivity index (χ3n) is 7.04. The highest BCUT2D eigenvalue weighted by molar-refractivity contribution is 6.35. The number of aryl methyl sites for hydroxylation is 1. The van der Waals surface area contributed by atoms with E-state index in [1.165, 1.54) is 19.4 Å². The van der Waals surface area contributed by atoms with Crippen molar-refractivity contribution in [1.82, 2.24) is 24.6 Å². The molecule has 7 nitrogen and oxygen atoms in total. The summed E-state index contributed by atoms with van der Waals surface area (Å²) in [5, 5.41) is 17.3. The van der Waals surface area contributed by atoms with Crippen molar-refractivity contribution in [2.24, 2.45) is 13.0 Å². The highest BCUT2D eigenvalue weighted by Gasteiger charge is 2.37. The van der Waals surface area contributed by atoms with Gasteiger partial charge < -0.3 is 14.9 Å². The van der Waals surface area contributed by atoms with Gasteiger partial charge in [0.15, 0.2) is 5.65 Å². The molecule has 6 rings (SSSR count). The summed E-state index contributed by atoms with van der Waals surface area (Å²) in [4.78, 5) is 14.3. The molecule has 1 N–H and O–H groups in total. The Hall–Kier alpha value is -2.90. The third kappa shape index (κ3) is 3.19. The molecule has 164 valence electrons. The van der Waals surface area contributed by atoms with Gasteiger partial charge in [-0.1, -0.05) is 11.6 Å². The highest BCUT2D eigenvalue weighted by atomic mass is 35.5. The van der Waals surface area contributed by atoms with Gasteiger partial charge in [-0.2, -0.15) is 5.10 Å². The monoisotopic (exact) mass is 448 g/mol. The number of phenols is 1. The Morgan fingerprint density at radius 1 is 1.12 bits per heavy atom. The summed E-state index contributed by atoms with van der Waals surface area (Å²) in [6, 6.07) is 8.07. The molecule has 2 atom stereocenters. The summed E-state index contributed by atoms with van der Waals surface area (Å²) >= 11 is 6.71. The number of hydrogen-bond donors (Lipinski definition) is 1. The number of piperidine rings is 1. The van der Waals surface area contributed by atoms with Crippen LogP contribution in [0, 0.1) is 5.92 Å². The van der Waals surface area contributed by atoms with Crippen LogP contribution in [0.3, 0.4) is 0 Å². The largest absolute Gasteiger partial charge is 0.507 e. The number of benzene rings is 1. The van der Waals surface area contributed by atoms with E-state index in [0.29, 0.717) is 33.9 Å². The lowest BCUT2D eigenvalue weighted by Crippen LogP contribution is -2.42. The van der Waals surface area contributed by atoms with Gasteiger partial charge in [0.1, 0.15) is 5.75 Å². The zero-order valence-corrected chi connectivity index (χ0v) is 18.9. The van der Waals surface area contributed by atoms with Gasteiger partial charge in [0.2, 0.25) is 0 Å². The molecule has 0 amide bonds. The predicted octanol–water partition coefficient (Wildman–Crippen LogP) is 4.07. The highest BCUT2D eigenvalue weighted by Crippen LogP contribution is 2.37. The van der Waals surface area contributed by atoms with Crippen molar-refractivity contribution in [2.75, 3.05) is 31.6 Å². The van der Waals surface area contributed by atoms with Crippen molar-refractivity contribution in [3.05, 3.63) is 41.7 Å². The summed E-state index contributed by atoms with van der Waals surface area (Å²) in [6.45, 7) is 3.27.